The molecule has 0 atom stereocenters. The monoisotopic (exact) mass is 285 g/mol. The van der Waals surface area contributed by atoms with Crippen molar-refractivity contribution < 1.29 is 4.79 Å². The number of aromatic nitrogens is 1. The number of benzene rings is 1. The molecule has 0 aliphatic rings. The third-order valence-electron chi connectivity index (χ3n) is 3.54. The van der Waals surface area contributed by atoms with Gasteiger partial charge >= 0.3 is 6.03 Å². The Morgan fingerprint density at radius 3 is 2.62 bits per heavy atom. The number of anilines is 1. The number of rotatable bonds is 4. The molecule has 1 N–H and O–H groups in total. The average molecular weight is 285 g/mol. The number of carbonyl (C=O) groups excluding carboxylic acids is 1. The van der Waals surface area contributed by atoms with E-state index < -0.39 is 0 Å². The van der Waals surface area contributed by atoms with Crippen LogP contribution < -0.4 is 5.32 Å². The quantitative estimate of drug-likeness (QED) is 0.912. The number of aryl methyl sites for hydroxylation is 2. The lowest BCUT2D eigenvalue weighted by molar-refractivity contribution is 0.192. The number of amides is 2. The molecule has 0 unspecified atom stereocenters. The van der Waals surface area contributed by atoms with E-state index >= 15 is 0 Å². The van der Waals surface area contributed by atoms with E-state index in [4.69, 9.17) is 0 Å². The first-order valence-corrected chi connectivity index (χ1v) is 7.22. The lowest BCUT2D eigenvalue weighted by Crippen LogP contribution is -2.39. The van der Waals surface area contributed by atoms with Gasteiger partial charge in [-0.3, -0.25) is 0 Å². The van der Waals surface area contributed by atoms with Crippen molar-refractivity contribution in [2.24, 2.45) is 7.05 Å². The second-order valence-electron chi connectivity index (χ2n) is 5.63. The first-order valence-electron chi connectivity index (χ1n) is 7.22. The van der Waals surface area contributed by atoms with Crippen LogP contribution in [-0.4, -0.2) is 21.5 Å². The van der Waals surface area contributed by atoms with Gasteiger partial charge in [-0.05, 0) is 50.6 Å². The maximum atomic E-state index is 12.5. The summed E-state index contributed by atoms with van der Waals surface area (Å²) in [6.45, 7) is 6.66. The molecule has 112 valence electrons. The van der Waals surface area contributed by atoms with Gasteiger partial charge in [0.2, 0.25) is 0 Å². The molecule has 2 aromatic rings. The van der Waals surface area contributed by atoms with Crippen molar-refractivity contribution >= 4 is 11.7 Å². The van der Waals surface area contributed by atoms with Crippen LogP contribution in [0.3, 0.4) is 0 Å². The minimum absolute atomic E-state index is 0.0724. The summed E-state index contributed by atoms with van der Waals surface area (Å²) in [6, 6.07) is 11.9. The van der Waals surface area contributed by atoms with Gasteiger partial charge in [0.15, 0.2) is 0 Å². The van der Waals surface area contributed by atoms with E-state index in [1.165, 1.54) is 0 Å². The topological polar surface area (TPSA) is 37.3 Å². The Balaban J connectivity index is 2.11. The van der Waals surface area contributed by atoms with Crippen molar-refractivity contribution in [3.05, 3.63) is 53.9 Å². The van der Waals surface area contributed by atoms with E-state index in [1.54, 1.807) is 0 Å². The van der Waals surface area contributed by atoms with E-state index in [-0.39, 0.29) is 12.1 Å². The van der Waals surface area contributed by atoms with Gasteiger partial charge in [0.25, 0.3) is 0 Å². The number of nitrogens with one attached hydrogen (secondary N) is 1. The third-order valence-corrected chi connectivity index (χ3v) is 3.54. The van der Waals surface area contributed by atoms with Crippen molar-refractivity contribution in [1.29, 1.82) is 0 Å². The Morgan fingerprint density at radius 2 is 2.05 bits per heavy atom. The summed E-state index contributed by atoms with van der Waals surface area (Å²) in [5.41, 5.74) is 3.08. The fourth-order valence-corrected chi connectivity index (χ4v) is 2.24. The molecule has 0 saturated carbocycles. The van der Waals surface area contributed by atoms with Crippen molar-refractivity contribution in [1.82, 2.24) is 9.47 Å². The summed E-state index contributed by atoms with van der Waals surface area (Å²) in [7, 11) is 1.99. The molecule has 0 bridgehead atoms. The van der Waals surface area contributed by atoms with Gasteiger partial charge in [-0.2, -0.15) is 0 Å². The maximum Gasteiger partial charge on any atom is 0.322 e. The Hall–Kier alpha value is -2.23. The summed E-state index contributed by atoms with van der Waals surface area (Å²) in [6.07, 6.45) is 1.99. The molecule has 0 spiro atoms. The van der Waals surface area contributed by atoms with Gasteiger partial charge < -0.3 is 14.8 Å². The zero-order chi connectivity index (χ0) is 15.4. The number of hydrogen-bond donors (Lipinski definition) is 1. The fraction of sp³-hybridized carbons (Fsp3) is 0.353. The Bertz CT molecular complexity index is 616. The highest BCUT2D eigenvalue weighted by Gasteiger charge is 2.18. The van der Waals surface area contributed by atoms with Crippen molar-refractivity contribution in [3.8, 4) is 0 Å². The van der Waals surface area contributed by atoms with Crippen molar-refractivity contribution in [2.45, 2.75) is 33.4 Å². The molecule has 21 heavy (non-hydrogen) atoms. The van der Waals surface area contributed by atoms with Crippen LogP contribution in [0.15, 0.2) is 42.6 Å². The molecule has 0 fully saturated rings. The minimum atomic E-state index is -0.0724. The third kappa shape index (κ3) is 3.88. The zero-order valence-corrected chi connectivity index (χ0v) is 13.1. The Kier molecular flexibility index (Phi) is 4.68. The molecule has 0 aliphatic carbocycles. The van der Waals surface area contributed by atoms with Crippen LogP contribution >= 0.6 is 0 Å². The van der Waals surface area contributed by atoms with Gasteiger partial charge in [0, 0.05) is 30.7 Å². The van der Waals surface area contributed by atoms with E-state index in [0.29, 0.717) is 6.54 Å². The van der Waals surface area contributed by atoms with E-state index in [9.17, 15) is 4.79 Å². The zero-order valence-electron chi connectivity index (χ0n) is 13.1. The van der Waals surface area contributed by atoms with E-state index in [2.05, 4.69) is 5.32 Å². The highest BCUT2D eigenvalue weighted by molar-refractivity contribution is 5.89. The smallest absolute Gasteiger partial charge is 0.322 e. The Morgan fingerprint density at radius 1 is 1.29 bits per heavy atom. The molecule has 0 aliphatic heterocycles. The molecular weight excluding hydrogens is 262 g/mol. The summed E-state index contributed by atoms with van der Waals surface area (Å²) in [4.78, 5) is 14.3. The molecule has 4 heteroatoms. The number of nitrogens with zero attached hydrogens (tertiary/aromatic N) is 2. The number of urea groups is 1. The van der Waals surface area contributed by atoms with Crippen molar-refractivity contribution in [3.63, 3.8) is 0 Å². The second kappa shape index (κ2) is 6.48. The van der Waals surface area contributed by atoms with Gasteiger partial charge in [0.1, 0.15) is 0 Å². The molecule has 0 saturated heterocycles. The lowest BCUT2D eigenvalue weighted by Gasteiger charge is -2.27. The van der Waals surface area contributed by atoms with E-state index in [1.807, 2.05) is 79.9 Å². The van der Waals surface area contributed by atoms with Gasteiger partial charge in [-0.1, -0.05) is 12.1 Å². The molecular formula is C17H23N3O. The normalized spacial score (nSPS) is 10.7. The van der Waals surface area contributed by atoms with Gasteiger partial charge in [0.05, 0.1) is 6.54 Å². The fourth-order valence-electron chi connectivity index (χ4n) is 2.24. The summed E-state index contributed by atoms with van der Waals surface area (Å²) in [5, 5.41) is 2.97. The van der Waals surface area contributed by atoms with E-state index in [0.717, 1.165) is 16.9 Å². The molecule has 1 heterocycles. The largest absolute Gasteiger partial charge is 0.353 e. The second-order valence-corrected chi connectivity index (χ2v) is 5.63. The number of carbonyl (C=O) groups is 1. The standard InChI is InChI=1S/C17H23N3O/c1-13(2)20(12-16-9-6-10-19(16)4)17(21)18-15-8-5-7-14(3)11-15/h5-11,13H,12H2,1-4H3,(H,18,21). The number of hydrogen-bond acceptors (Lipinski definition) is 1. The average Bonchev–Trinajstić information content (AvgIpc) is 2.81. The molecule has 1 aromatic heterocycles. The maximum absolute atomic E-state index is 12.5. The molecule has 0 radical (unpaired) electrons. The van der Waals surface area contributed by atoms with Crippen LogP contribution in [0.1, 0.15) is 25.1 Å². The highest BCUT2D eigenvalue weighted by atomic mass is 16.2. The first kappa shape index (κ1) is 15.2. The first-order chi connectivity index (χ1) is 9.97. The molecule has 4 nitrogen and oxygen atoms in total. The molecule has 2 rings (SSSR count). The minimum Gasteiger partial charge on any atom is -0.353 e. The highest BCUT2D eigenvalue weighted by Crippen LogP contribution is 2.14. The lowest BCUT2D eigenvalue weighted by atomic mass is 10.2. The summed E-state index contributed by atoms with van der Waals surface area (Å²) in [5.74, 6) is 0. The van der Waals surface area contributed by atoms with Gasteiger partial charge in [-0.25, -0.2) is 4.79 Å². The summed E-state index contributed by atoms with van der Waals surface area (Å²) < 4.78 is 2.04. The van der Waals surface area contributed by atoms with Crippen LogP contribution in [0.25, 0.3) is 0 Å². The predicted octanol–water partition coefficient (Wildman–Crippen LogP) is 3.78. The van der Waals surface area contributed by atoms with Crippen LogP contribution in [-0.2, 0) is 13.6 Å². The predicted molar refractivity (Wildman–Crippen MR) is 86.3 cm³/mol. The van der Waals surface area contributed by atoms with Crippen LogP contribution in [0.4, 0.5) is 10.5 Å². The van der Waals surface area contributed by atoms with Gasteiger partial charge in [-0.15, -0.1) is 0 Å². The van der Waals surface area contributed by atoms with Crippen LogP contribution in [0, 0.1) is 6.92 Å². The molecule has 1 aromatic carbocycles. The summed E-state index contributed by atoms with van der Waals surface area (Å²) >= 11 is 0. The SMILES string of the molecule is Cc1cccc(NC(=O)N(Cc2cccn2C)C(C)C)c1. The van der Waals surface area contributed by atoms with Crippen LogP contribution in [0.5, 0.6) is 0 Å². The Labute approximate surface area is 126 Å². The van der Waals surface area contributed by atoms with Crippen LogP contribution in [0.2, 0.25) is 0 Å². The molecule has 2 amide bonds. The van der Waals surface area contributed by atoms with Crippen molar-refractivity contribution in [2.75, 3.05) is 5.32 Å².